The summed E-state index contributed by atoms with van der Waals surface area (Å²) in [5.74, 6) is 0. The zero-order valence-corrected chi connectivity index (χ0v) is 19.8. The molecule has 9 heteroatoms. The van der Waals surface area contributed by atoms with Crippen molar-refractivity contribution in [2.75, 3.05) is 25.0 Å². The summed E-state index contributed by atoms with van der Waals surface area (Å²) in [6.45, 7) is 1.11. The second-order valence-corrected chi connectivity index (χ2v) is 10.5. The normalized spacial score (nSPS) is 11.7. The number of likely N-dealkylation sites (N-methyl/N-ethyl adjacent to an activating group) is 1. The fraction of sp³-hybridized carbons (Fsp3) is 0.174. The topological polar surface area (TPSA) is 71.4 Å². The van der Waals surface area contributed by atoms with Crippen LogP contribution in [0.3, 0.4) is 0 Å². The van der Waals surface area contributed by atoms with Gasteiger partial charge in [0.25, 0.3) is 0 Å². The third-order valence-corrected chi connectivity index (χ3v) is 7.94. The van der Waals surface area contributed by atoms with Crippen LogP contribution >= 0.6 is 22.9 Å². The van der Waals surface area contributed by atoms with Gasteiger partial charge in [-0.15, -0.1) is 0 Å². The van der Waals surface area contributed by atoms with Gasteiger partial charge in [0.2, 0.25) is 10.0 Å². The maximum absolute atomic E-state index is 12.8. The van der Waals surface area contributed by atoms with Crippen LogP contribution in [-0.2, 0) is 16.6 Å². The zero-order chi connectivity index (χ0) is 22.7. The minimum Gasteiger partial charge on any atom is -0.373 e. The first-order valence-corrected chi connectivity index (χ1v) is 12.7. The van der Waals surface area contributed by atoms with Crippen molar-refractivity contribution in [2.24, 2.45) is 0 Å². The van der Waals surface area contributed by atoms with Crippen molar-refractivity contribution in [3.05, 3.63) is 93.0 Å². The highest BCUT2D eigenvalue weighted by atomic mass is 35.5. The first-order chi connectivity index (χ1) is 15.3. The summed E-state index contributed by atoms with van der Waals surface area (Å²) in [6, 6.07) is 21.9. The molecule has 0 aliphatic carbocycles. The number of thiazole rings is 1. The highest BCUT2D eigenvalue weighted by Gasteiger charge is 2.17. The molecule has 1 heterocycles. The Morgan fingerprint density at radius 2 is 1.75 bits per heavy atom. The molecule has 166 valence electrons. The highest BCUT2D eigenvalue weighted by molar-refractivity contribution is 7.89. The predicted molar refractivity (Wildman–Crippen MR) is 132 cm³/mol. The number of nitrogens with one attached hydrogen (secondary N) is 1. The molecule has 0 unspecified atom stereocenters. The SMILES string of the molecule is CN(CCNS(=O)(=O)c1ccc2c(c1)sc(=O)n2Cc1ccccc1Cl)c1ccccc1. The van der Waals surface area contributed by atoms with Gasteiger partial charge in [-0.05, 0) is 42.0 Å². The van der Waals surface area contributed by atoms with E-state index >= 15 is 0 Å². The molecule has 1 aromatic heterocycles. The molecule has 0 amide bonds. The molecule has 0 aliphatic heterocycles. The van der Waals surface area contributed by atoms with Gasteiger partial charge < -0.3 is 4.90 Å². The van der Waals surface area contributed by atoms with Gasteiger partial charge in [-0.2, -0.15) is 0 Å². The highest BCUT2D eigenvalue weighted by Crippen LogP contribution is 2.24. The number of anilines is 1. The van der Waals surface area contributed by atoms with E-state index in [-0.39, 0.29) is 16.3 Å². The summed E-state index contributed by atoms with van der Waals surface area (Å²) in [5, 5.41) is 0.586. The Hall–Kier alpha value is -2.65. The molecule has 1 N–H and O–H groups in total. The van der Waals surface area contributed by atoms with Crippen LogP contribution in [0, 0.1) is 0 Å². The molecule has 0 saturated heterocycles. The van der Waals surface area contributed by atoms with Crippen LogP contribution in [-0.4, -0.2) is 33.1 Å². The second kappa shape index (κ2) is 9.46. The third kappa shape index (κ3) is 4.88. The summed E-state index contributed by atoms with van der Waals surface area (Å²) in [4.78, 5) is 14.5. The number of fused-ring (bicyclic) bond motifs is 1. The number of rotatable bonds is 8. The van der Waals surface area contributed by atoms with Gasteiger partial charge in [-0.1, -0.05) is 59.3 Å². The number of halogens is 1. The molecule has 32 heavy (non-hydrogen) atoms. The first kappa shape index (κ1) is 22.5. The van der Waals surface area contributed by atoms with E-state index < -0.39 is 10.0 Å². The Labute approximate surface area is 195 Å². The van der Waals surface area contributed by atoms with Gasteiger partial charge in [0, 0.05) is 30.8 Å². The minimum atomic E-state index is -3.70. The molecule has 0 radical (unpaired) electrons. The van der Waals surface area contributed by atoms with Gasteiger partial charge in [0.15, 0.2) is 0 Å². The summed E-state index contributed by atoms with van der Waals surface area (Å²) < 4.78 is 30.5. The van der Waals surface area contributed by atoms with Gasteiger partial charge in [-0.25, -0.2) is 13.1 Å². The van der Waals surface area contributed by atoms with Gasteiger partial charge in [0.1, 0.15) is 0 Å². The number of benzene rings is 3. The van der Waals surface area contributed by atoms with Gasteiger partial charge >= 0.3 is 4.87 Å². The smallest absolute Gasteiger partial charge is 0.308 e. The quantitative estimate of drug-likeness (QED) is 0.404. The Bertz CT molecular complexity index is 1400. The third-order valence-electron chi connectivity index (χ3n) is 5.17. The monoisotopic (exact) mass is 487 g/mol. The molecule has 0 aliphatic rings. The number of sulfonamides is 1. The maximum Gasteiger partial charge on any atom is 0.308 e. The largest absolute Gasteiger partial charge is 0.373 e. The number of nitrogens with zero attached hydrogens (tertiary/aromatic N) is 2. The van der Waals surface area contributed by atoms with E-state index in [4.69, 9.17) is 11.6 Å². The van der Waals surface area contributed by atoms with Crippen molar-refractivity contribution < 1.29 is 8.42 Å². The van der Waals surface area contributed by atoms with Crippen LogP contribution in [0.25, 0.3) is 10.2 Å². The van der Waals surface area contributed by atoms with E-state index in [2.05, 4.69) is 4.72 Å². The van der Waals surface area contributed by atoms with Crippen molar-refractivity contribution in [2.45, 2.75) is 11.4 Å². The lowest BCUT2D eigenvalue weighted by atomic mass is 10.2. The molecule has 4 rings (SSSR count). The summed E-state index contributed by atoms with van der Waals surface area (Å²) >= 11 is 7.26. The molecule has 0 fully saturated rings. The van der Waals surface area contributed by atoms with Crippen molar-refractivity contribution in [1.82, 2.24) is 9.29 Å². The molecule has 6 nitrogen and oxygen atoms in total. The molecule has 0 atom stereocenters. The Morgan fingerprint density at radius 1 is 1.03 bits per heavy atom. The van der Waals surface area contributed by atoms with Crippen LogP contribution in [0.2, 0.25) is 5.02 Å². The average molecular weight is 488 g/mol. The molecule has 0 bridgehead atoms. The number of aromatic nitrogens is 1. The lowest BCUT2D eigenvalue weighted by Gasteiger charge is -2.19. The lowest BCUT2D eigenvalue weighted by molar-refractivity contribution is 0.581. The number of para-hydroxylation sites is 1. The Morgan fingerprint density at radius 3 is 2.50 bits per heavy atom. The Balaban J connectivity index is 1.50. The second-order valence-electron chi connectivity index (χ2n) is 7.33. The summed E-state index contributed by atoms with van der Waals surface area (Å²) in [5.41, 5.74) is 2.53. The molecule has 3 aromatic carbocycles. The fourth-order valence-electron chi connectivity index (χ4n) is 3.40. The number of hydrogen-bond donors (Lipinski definition) is 1. The molecule has 4 aromatic rings. The molecule has 0 spiro atoms. The minimum absolute atomic E-state index is 0.138. The maximum atomic E-state index is 12.8. The zero-order valence-electron chi connectivity index (χ0n) is 17.4. The molecular formula is C23H22ClN3O3S2. The first-order valence-electron chi connectivity index (χ1n) is 9.98. The number of hydrogen-bond acceptors (Lipinski definition) is 5. The van der Waals surface area contributed by atoms with Crippen LogP contribution in [0.1, 0.15) is 5.56 Å². The van der Waals surface area contributed by atoms with E-state index in [1.54, 1.807) is 22.8 Å². The van der Waals surface area contributed by atoms with Crippen LogP contribution in [0.4, 0.5) is 5.69 Å². The van der Waals surface area contributed by atoms with E-state index in [1.807, 2.05) is 60.5 Å². The van der Waals surface area contributed by atoms with E-state index in [9.17, 15) is 13.2 Å². The van der Waals surface area contributed by atoms with Crippen LogP contribution in [0.5, 0.6) is 0 Å². The van der Waals surface area contributed by atoms with Crippen molar-refractivity contribution in [3.63, 3.8) is 0 Å². The van der Waals surface area contributed by atoms with Gasteiger partial charge in [0.05, 0.1) is 21.7 Å². The van der Waals surface area contributed by atoms with Gasteiger partial charge in [-0.3, -0.25) is 9.36 Å². The Kier molecular flexibility index (Phi) is 6.66. The van der Waals surface area contributed by atoms with Crippen LogP contribution in [0.15, 0.2) is 82.5 Å². The standard InChI is InChI=1S/C23H22ClN3O3S2/c1-26(18-8-3-2-4-9-18)14-13-25-32(29,30)19-11-12-21-22(15-19)31-23(28)27(21)16-17-7-5-6-10-20(17)24/h2-12,15,25H,13-14,16H2,1H3. The average Bonchev–Trinajstić information content (AvgIpc) is 3.10. The predicted octanol–water partition coefficient (Wildman–Crippen LogP) is 4.18. The van der Waals surface area contributed by atoms with Crippen molar-refractivity contribution >= 4 is 48.9 Å². The van der Waals surface area contributed by atoms with Crippen LogP contribution < -0.4 is 14.5 Å². The summed E-state index contributed by atoms with van der Waals surface area (Å²) in [6.07, 6.45) is 0. The summed E-state index contributed by atoms with van der Waals surface area (Å²) in [7, 11) is -1.79. The lowest BCUT2D eigenvalue weighted by Crippen LogP contribution is -2.33. The van der Waals surface area contributed by atoms with Crippen molar-refractivity contribution in [1.29, 1.82) is 0 Å². The van der Waals surface area contributed by atoms with E-state index in [1.165, 1.54) is 6.07 Å². The molecular weight excluding hydrogens is 466 g/mol. The van der Waals surface area contributed by atoms with Crippen molar-refractivity contribution in [3.8, 4) is 0 Å². The van der Waals surface area contributed by atoms with E-state index in [0.29, 0.717) is 28.3 Å². The van der Waals surface area contributed by atoms with E-state index in [0.717, 1.165) is 22.6 Å². The molecule has 0 saturated carbocycles. The fourth-order valence-corrected chi connectivity index (χ4v) is 5.65.